The van der Waals surface area contributed by atoms with Crippen molar-refractivity contribution in [3.8, 4) is 0 Å². The fourth-order valence-electron chi connectivity index (χ4n) is 1.75. The molecule has 100 valence electrons. The highest BCUT2D eigenvalue weighted by atomic mass is 32.1. The Labute approximate surface area is 114 Å². The molecule has 0 spiro atoms. The predicted octanol–water partition coefficient (Wildman–Crippen LogP) is 3.18. The van der Waals surface area contributed by atoms with Crippen LogP contribution in [0.25, 0.3) is 0 Å². The summed E-state index contributed by atoms with van der Waals surface area (Å²) in [5.74, 6) is -1.94. The van der Waals surface area contributed by atoms with Gasteiger partial charge in [-0.05, 0) is 41.6 Å². The fraction of sp³-hybridized carbons (Fsp3) is 0.214. The van der Waals surface area contributed by atoms with Crippen molar-refractivity contribution in [2.45, 2.75) is 20.0 Å². The summed E-state index contributed by atoms with van der Waals surface area (Å²) in [5, 5.41) is 14.0. The van der Waals surface area contributed by atoms with E-state index >= 15 is 0 Å². The molecule has 0 atom stereocenters. The molecule has 0 saturated carbocycles. The Hall–Kier alpha value is -1.72. The van der Waals surface area contributed by atoms with Crippen LogP contribution >= 0.6 is 11.3 Å². The van der Waals surface area contributed by atoms with Gasteiger partial charge in [0.25, 0.3) is 0 Å². The van der Waals surface area contributed by atoms with Crippen molar-refractivity contribution in [3.63, 3.8) is 0 Å². The SMILES string of the molecule is Cc1ccsc1CNCc1ccc(C(=O)O)c(F)c1. The molecule has 0 bridgehead atoms. The number of aromatic carboxylic acids is 1. The lowest BCUT2D eigenvalue weighted by molar-refractivity contribution is 0.0692. The average molecular weight is 279 g/mol. The van der Waals surface area contributed by atoms with E-state index in [1.165, 1.54) is 22.6 Å². The topological polar surface area (TPSA) is 49.3 Å². The first kappa shape index (κ1) is 13.7. The molecule has 5 heteroatoms. The van der Waals surface area contributed by atoms with Crippen LogP contribution in [0.2, 0.25) is 0 Å². The smallest absolute Gasteiger partial charge is 0.338 e. The Kier molecular flexibility index (Phi) is 4.29. The van der Waals surface area contributed by atoms with E-state index < -0.39 is 11.8 Å². The summed E-state index contributed by atoms with van der Waals surface area (Å²) in [6.07, 6.45) is 0. The third-order valence-electron chi connectivity index (χ3n) is 2.85. The molecule has 2 aromatic rings. The zero-order valence-corrected chi connectivity index (χ0v) is 11.3. The van der Waals surface area contributed by atoms with Gasteiger partial charge in [-0.1, -0.05) is 6.07 Å². The van der Waals surface area contributed by atoms with E-state index in [-0.39, 0.29) is 5.56 Å². The van der Waals surface area contributed by atoms with Gasteiger partial charge in [0.2, 0.25) is 0 Å². The number of hydrogen-bond acceptors (Lipinski definition) is 3. The molecule has 0 radical (unpaired) electrons. The summed E-state index contributed by atoms with van der Waals surface area (Å²) in [6, 6.07) is 6.24. The molecule has 2 N–H and O–H groups in total. The maximum absolute atomic E-state index is 13.5. The predicted molar refractivity (Wildman–Crippen MR) is 73.0 cm³/mol. The van der Waals surface area contributed by atoms with Gasteiger partial charge in [0.15, 0.2) is 0 Å². The molecule has 0 aliphatic rings. The summed E-state index contributed by atoms with van der Waals surface area (Å²) in [4.78, 5) is 11.9. The van der Waals surface area contributed by atoms with Crippen molar-refractivity contribution in [2.75, 3.05) is 0 Å². The van der Waals surface area contributed by atoms with Crippen molar-refractivity contribution in [3.05, 3.63) is 57.0 Å². The minimum atomic E-state index is -1.24. The third kappa shape index (κ3) is 3.39. The van der Waals surface area contributed by atoms with Gasteiger partial charge in [-0.2, -0.15) is 0 Å². The first-order valence-corrected chi connectivity index (χ1v) is 6.71. The maximum atomic E-state index is 13.5. The van der Waals surface area contributed by atoms with Gasteiger partial charge in [-0.3, -0.25) is 0 Å². The number of nitrogens with one attached hydrogen (secondary N) is 1. The van der Waals surface area contributed by atoms with Crippen LogP contribution in [0.3, 0.4) is 0 Å². The van der Waals surface area contributed by atoms with Crippen LogP contribution in [0, 0.1) is 12.7 Å². The Morgan fingerprint density at radius 3 is 2.74 bits per heavy atom. The second-order valence-electron chi connectivity index (χ2n) is 4.25. The Bertz CT molecular complexity index is 595. The summed E-state index contributed by atoms with van der Waals surface area (Å²) >= 11 is 1.68. The number of thiophene rings is 1. The Morgan fingerprint density at radius 2 is 2.16 bits per heavy atom. The zero-order chi connectivity index (χ0) is 13.8. The third-order valence-corrected chi connectivity index (χ3v) is 3.87. The number of aryl methyl sites for hydroxylation is 1. The minimum absolute atomic E-state index is 0.294. The molecule has 0 aliphatic heterocycles. The van der Waals surface area contributed by atoms with Crippen LogP contribution in [0.5, 0.6) is 0 Å². The van der Waals surface area contributed by atoms with Crippen molar-refractivity contribution in [1.82, 2.24) is 5.32 Å². The van der Waals surface area contributed by atoms with Gasteiger partial charge in [-0.25, -0.2) is 9.18 Å². The lowest BCUT2D eigenvalue weighted by Crippen LogP contribution is -2.13. The van der Waals surface area contributed by atoms with Crippen LogP contribution in [0.15, 0.2) is 29.6 Å². The average Bonchev–Trinajstić information content (AvgIpc) is 2.75. The minimum Gasteiger partial charge on any atom is -0.478 e. The highest BCUT2D eigenvalue weighted by Gasteiger charge is 2.10. The highest BCUT2D eigenvalue weighted by molar-refractivity contribution is 7.10. The van der Waals surface area contributed by atoms with E-state index in [9.17, 15) is 9.18 Å². The number of hydrogen-bond donors (Lipinski definition) is 2. The maximum Gasteiger partial charge on any atom is 0.338 e. The summed E-state index contributed by atoms with van der Waals surface area (Å²) < 4.78 is 13.5. The standard InChI is InChI=1S/C14H14FNO2S/c1-9-4-5-19-13(9)8-16-7-10-2-3-11(14(17)18)12(15)6-10/h2-6,16H,7-8H2,1H3,(H,17,18). The molecule has 0 unspecified atom stereocenters. The van der Waals surface area contributed by atoms with E-state index in [0.29, 0.717) is 6.54 Å². The van der Waals surface area contributed by atoms with E-state index in [1.54, 1.807) is 17.4 Å². The number of carbonyl (C=O) groups is 1. The highest BCUT2D eigenvalue weighted by Crippen LogP contribution is 2.15. The number of carboxylic acids is 1. The molecule has 0 amide bonds. The van der Waals surface area contributed by atoms with Gasteiger partial charge >= 0.3 is 5.97 Å². The van der Waals surface area contributed by atoms with Crippen LogP contribution < -0.4 is 5.32 Å². The van der Waals surface area contributed by atoms with Crippen molar-refractivity contribution < 1.29 is 14.3 Å². The van der Waals surface area contributed by atoms with Crippen LogP contribution in [0.4, 0.5) is 4.39 Å². The Balaban J connectivity index is 1.95. The van der Waals surface area contributed by atoms with Gasteiger partial charge < -0.3 is 10.4 Å². The van der Waals surface area contributed by atoms with E-state index in [2.05, 4.69) is 18.3 Å². The van der Waals surface area contributed by atoms with Gasteiger partial charge in [0.05, 0.1) is 5.56 Å². The van der Waals surface area contributed by atoms with Crippen LogP contribution in [-0.4, -0.2) is 11.1 Å². The largest absolute Gasteiger partial charge is 0.478 e. The van der Waals surface area contributed by atoms with Gasteiger partial charge in [0.1, 0.15) is 5.82 Å². The molecule has 0 saturated heterocycles. The van der Waals surface area contributed by atoms with E-state index in [0.717, 1.165) is 12.1 Å². The molecule has 0 aliphatic carbocycles. The summed E-state index contributed by atoms with van der Waals surface area (Å²) in [7, 11) is 0. The first-order chi connectivity index (χ1) is 9.08. The van der Waals surface area contributed by atoms with Gasteiger partial charge in [0, 0.05) is 18.0 Å². The van der Waals surface area contributed by atoms with Crippen molar-refractivity contribution >= 4 is 17.3 Å². The first-order valence-electron chi connectivity index (χ1n) is 5.83. The second kappa shape index (κ2) is 5.95. The second-order valence-corrected chi connectivity index (χ2v) is 5.25. The molecule has 1 aromatic heterocycles. The van der Waals surface area contributed by atoms with E-state index in [4.69, 9.17) is 5.11 Å². The van der Waals surface area contributed by atoms with Gasteiger partial charge in [-0.15, -0.1) is 11.3 Å². The molecular weight excluding hydrogens is 265 g/mol. The van der Waals surface area contributed by atoms with Crippen molar-refractivity contribution in [1.29, 1.82) is 0 Å². The monoisotopic (exact) mass is 279 g/mol. The molecule has 1 aromatic carbocycles. The molecule has 3 nitrogen and oxygen atoms in total. The molecule has 0 fully saturated rings. The lowest BCUT2D eigenvalue weighted by Gasteiger charge is -2.06. The van der Waals surface area contributed by atoms with Crippen LogP contribution in [0.1, 0.15) is 26.4 Å². The van der Waals surface area contributed by atoms with Crippen molar-refractivity contribution in [2.24, 2.45) is 0 Å². The fourth-order valence-corrected chi connectivity index (χ4v) is 2.62. The number of benzene rings is 1. The normalized spacial score (nSPS) is 10.6. The molecular formula is C14H14FNO2S. The Morgan fingerprint density at radius 1 is 1.37 bits per heavy atom. The van der Waals surface area contributed by atoms with E-state index in [1.807, 2.05) is 5.38 Å². The summed E-state index contributed by atoms with van der Waals surface area (Å²) in [6.45, 7) is 3.29. The molecule has 2 rings (SSSR count). The lowest BCUT2D eigenvalue weighted by atomic mass is 10.1. The molecule has 1 heterocycles. The van der Waals surface area contributed by atoms with Crippen LogP contribution in [-0.2, 0) is 13.1 Å². The number of rotatable bonds is 5. The zero-order valence-electron chi connectivity index (χ0n) is 10.4. The number of halogens is 1. The summed E-state index contributed by atoms with van der Waals surface area (Å²) in [5.41, 5.74) is 1.68. The quantitative estimate of drug-likeness (QED) is 0.883. The number of carboxylic acid groups (broad SMARTS) is 1. The molecule has 19 heavy (non-hydrogen) atoms.